The van der Waals surface area contributed by atoms with E-state index in [1.165, 1.54) is 57.8 Å². The zero-order chi connectivity index (χ0) is 19.6. The van der Waals surface area contributed by atoms with Gasteiger partial charge in [0.1, 0.15) is 0 Å². The third-order valence-corrected chi connectivity index (χ3v) is 5.55. The molecule has 0 radical (unpaired) electrons. The fourth-order valence-electron chi connectivity index (χ4n) is 3.28. The highest BCUT2D eigenvalue weighted by Crippen LogP contribution is 2.21. The minimum Gasteiger partial charge on any atom is -0.465 e. The predicted octanol–water partition coefficient (Wildman–Crippen LogP) is 6.93. The Hall–Kier alpha value is -0.570. The summed E-state index contributed by atoms with van der Waals surface area (Å²) < 4.78 is 11.0. The minimum atomic E-state index is -0.0206. The van der Waals surface area contributed by atoms with E-state index in [0.717, 1.165) is 19.3 Å². The average Bonchev–Trinajstić information content (AvgIpc) is 2.65. The fraction of sp³-hybridized carbons (Fsp3) is 0.957. The number of ether oxygens (including phenoxy) is 2. The summed E-state index contributed by atoms with van der Waals surface area (Å²) in [4.78, 5) is 11.6. The molecule has 0 aromatic heterocycles. The van der Waals surface area contributed by atoms with Crippen molar-refractivity contribution in [2.24, 2.45) is 11.8 Å². The Bertz CT molecular complexity index is 317. The van der Waals surface area contributed by atoms with Crippen LogP contribution in [-0.4, -0.2) is 25.8 Å². The lowest BCUT2D eigenvalue weighted by Crippen LogP contribution is -2.20. The van der Waals surface area contributed by atoms with Gasteiger partial charge in [-0.25, -0.2) is 0 Å². The van der Waals surface area contributed by atoms with Crippen LogP contribution in [0, 0.1) is 11.8 Å². The van der Waals surface area contributed by atoms with E-state index in [2.05, 4.69) is 27.7 Å². The molecule has 0 amide bonds. The molecule has 0 N–H and O–H groups in total. The molecule has 3 unspecified atom stereocenters. The maximum absolute atomic E-state index is 11.6. The zero-order valence-corrected chi connectivity index (χ0v) is 18.4. The maximum Gasteiger partial charge on any atom is 0.305 e. The largest absolute Gasteiger partial charge is 0.465 e. The molecular formula is C23H46O3. The summed E-state index contributed by atoms with van der Waals surface area (Å²) in [5.74, 6) is 1.12. The number of rotatable bonds is 18. The van der Waals surface area contributed by atoms with E-state index < -0.39 is 0 Å². The number of hydrogen-bond acceptors (Lipinski definition) is 3. The van der Waals surface area contributed by atoms with E-state index in [4.69, 9.17) is 9.47 Å². The third kappa shape index (κ3) is 14.6. The topological polar surface area (TPSA) is 35.5 Å². The molecule has 3 atom stereocenters. The number of methoxy groups -OCH3 is 1. The first-order valence-corrected chi connectivity index (χ1v) is 11.2. The van der Waals surface area contributed by atoms with E-state index in [1.54, 1.807) is 0 Å². The second-order valence-electron chi connectivity index (χ2n) is 8.10. The summed E-state index contributed by atoms with van der Waals surface area (Å²) >= 11 is 0. The van der Waals surface area contributed by atoms with Crippen LogP contribution in [0.3, 0.4) is 0 Å². The Morgan fingerprint density at radius 3 is 2.08 bits per heavy atom. The summed E-state index contributed by atoms with van der Waals surface area (Å²) in [7, 11) is 1.86. The summed E-state index contributed by atoms with van der Waals surface area (Å²) in [6.45, 7) is 9.41. The van der Waals surface area contributed by atoms with Gasteiger partial charge in [0.2, 0.25) is 0 Å². The van der Waals surface area contributed by atoms with Crippen molar-refractivity contribution in [1.82, 2.24) is 0 Å². The molecule has 0 rings (SSSR count). The van der Waals surface area contributed by atoms with Crippen molar-refractivity contribution in [3.05, 3.63) is 0 Å². The predicted molar refractivity (Wildman–Crippen MR) is 111 cm³/mol. The maximum atomic E-state index is 11.6. The van der Waals surface area contributed by atoms with Gasteiger partial charge in [-0.05, 0) is 31.1 Å². The monoisotopic (exact) mass is 370 g/mol. The van der Waals surface area contributed by atoms with Crippen molar-refractivity contribution in [3.63, 3.8) is 0 Å². The molecule has 3 nitrogen and oxygen atoms in total. The molecule has 0 aliphatic rings. The van der Waals surface area contributed by atoms with Gasteiger partial charge < -0.3 is 9.47 Å². The van der Waals surface area contributed by atoms with Gasteiger partial charge in [-0.3, -0.25) is 4.79 Å². The second-order valence-corrected chi connectivity index (χ2v) is 8.10. The van der Waals surface area contributed by atoms with Gasteiger partial charge in [0.05, 0.1) is 12.7 Å². The van der Waals surface area contributed by atoms with Crippen LogP contribution >= 0.6 is 0 Å². The molecule has 0 saturated heterocycles. The number of esters is 1. The number of carbonyl (C=O) groups is 1. The molecule has 0 heterocycles. The molecule has 0 aromatic carbocycles. The summed E-state index contributed by atoms with van der Waals surface area (Å²) in [5.41, 5.74) is 0. The number of unbranched alkanes of at least 4 members (excludes halogenated alkanes) is 7. The Morgan fingerprint density at radius 2 is 1.46 bits per heavy atom. The van der Waals surface area contributed by atoms with Crippen molar-refractivity contribution in [2.45, 2.75) is 117 Å². The lowest BCUT2D eigenvalue weighted by Gasteiger charge is -2.22. The van der Waals surface area contributed by atoms with Crippen molar-refractivity contribution in [1.29, 1.82) is 0 Å². The van der Waals surface area contributed by atoms with E-state index in [1.807, 2.05) is 7.11 Å². The molecule has 0 aliphatic heterocycles. The van der Waals surface area contributed by atoms with Gasteiger partial charge in [-0.2, -0.15) is 0 Å². The molecule has 0 fully saturated rings. The van der Waals surface area contributed by atoms with Crippen LogP contribution in [0.1, 0.15) is 111 Å². The molecule has 0 aromatic rings. The fourth-order valence-corrected chi connectivity index (χ4v) is 3.28. The van der Waals surface area contributed by atoms with Gasteiger partial charge in [-0.15, -0.1) is 0 Å². The molecule has 156 valence electrons. The van der Waals surface area contributed by atoms with Crippen molar-refractivity contribution in [3.8, 4) is 0 Å². The Labute approximate surface area is 163 Å². The van der Waals surface area contributed by atoms with E-state index in [9.17, 15) is 4.79 Å². The zero-order valence-electron chi connectivity index (χ0n) is 18.4. The summed E-state index contributed by atoms with van der Waals surface area (Å²) in [5, 5.41) is 0. The highest BCUT2D eigenvalue weighted by Gasteiger charge is 2.15. The van der Waals surface area contributed by atoms with Crippen LogP contribution in [0.5, 0.6) is 0 Å². The van der Waals surface area contributed by atoms with Crippen LogP contribution in [-0.2, 0) is 14.3 Å². The quantitative estimate of drug-likeness (QED) is 0.194. The first-order valence-electron chi connectivity index (χ1n) is 11.2. The SMILES string of the molecule is CCCCCC(OC)C(C)CCCCCCCCC(=O)OCC(C)CC. The molecule has 0 bridgehead atoms. The third-order valence-electron chi connectivity index (χ3n) is 5.55. The standard InChI is InChI=1S/C23H46O3/c1-6-8-13-17-22(25-5)21(4)16-14-11-9-10-12-15-18-23(24)26-19-20(3)7-2/h20-22H,6-19H2,1-5H3. The highest BCUT2D eigenvalue weighted by atomic mass is 16.5. The smallest absolute Gasteiger partial charge is 0.305 e. The normalized spacial score (nSPS) is 14.8. The molecular weight excluding hydrogens is 324 g/mol. The van der Waals surface area contributed by atoms with E-state index in [-0.39, 0.29) is 5.97 Å². The van der Waals surface area contributed by atoms with Crippen molar-refractivity contribution < 1.29 is 14.3 Å². The Balaban J connectivity index is 3.52. The summed E-state index contributed by atoms with van der Waals surface area (Å²) in [6.07, 6.45) is 15.7. The van der Waals surface area contributed by atoms with Crippen LogP contribution in [0.25, 0.3) is 0 Å². The Morgan fingerprint density at radius 1 is 0.846 bits per heavy atom. The van der Waals surface area contributed by atoms with Crippen LogP contribution < -0.4 is 0 Å². The lowest BCUT2D eigenvalue weighted by atomic mass is 9.93. The summed E-state index contributed by atoms with van der Waals surface area (Å²) in [6, 6.07) is 0. The van der Waals surface area contributed by atoms with Crippen LogP contribution in [0.2, 0.25) is 0 Å². The van der Waals surface area contributed by atoms with Gasteiger partial charge in [0.25, 0.3) is 0 Å². The van der Waals surface area contributed by atoms with Gasteiger partial charge >= 0.3 is 5.97 Å². The number of carbonyl (C=O) groups excluding carboxylic acids is 1. The first-order chi connectivity index (χ1) is 12.5. The molecule has 3 heteroatoms. The van der Waals surface area contributed by atoms with Gasteiger partial charge in [-0.1, -0.05) is 85.5 Å². The van der Waals surface area contributed by atoms with Crippen molar-refractivity contribution in [2.75, 3.05) is 13.7 Å². The lowest BCUT2D eigenvalue weighted by molar-refractivity contribution is -0.145. The highest BCUT2D eigenvalue weighted by molar-refractivity contribution is 5.69. The van der Waals surface area contributed by atoms with E-state index in [0.29, 0.717) is 31.0 Å². The van der Waals surface area contributed by atoms with Crippen molar-refractivity contribution >= 4 is 5.97 Å². The minimum absolute atomic E-state index is 0.0206. The molecule has 26 heavy (non-hydrogen) atoms. The van der Waals surface area contributed by atoms with Crippen LogP contribution in [0.15, 0.2) is 0 Å². The number of hydrogen-bond donors (Lipinski definition) is 0. The van der Waals surface area contributed by atoms with Gasteiger partial charge in [0, 0.05) is 13.5 Å². The van der Waals surface area contributed by atoms with Gasteiger partial charge in [0.15, 0.2) is 0 Å². The second kappa shape index (κ2) is 17.8. The Kier molecular flexibility index (Phi) is 17.4. The molecule has 0 aliphatic carbocycles. The van der Waals surface area contributed by atoms with Crippen LogP contribution in [0.4, 0.5) is 0 Å². The first kappa shape index (κ1) is 25.4. The van der Waals surface area contributed by atoms with E-state index >= 15 is 0 Å². The molecule has 0 saturated carbocycles. The molecule has 0 spiro atoms. The average molecular weight is 371 g/mol.